The topological polar surface area (TPSA) is 49.4 Å². The van der Waals surface area contributed by atoms with Crippen molar-refractivity contribution in [2.45, 2.75) is 39.8 Å². The molecule has 0 spiro atoms. The van der Waals surface area contributed by atoms with E-state index >= 15 is 0 Å². The van der Waals surface area contributed by atoms with Gasteiger partial charge in [-0.1, -0.05) is 32.4 Å². The Kier molecular flexibility index (Phi) is 3.78. The van der Waals surface area contributed by atoms with Crippen molar-refractivity contribution < 1.29 is 9.59 Å². The zero-order valence-corrected chi connectivity index (χ0v) is 12.9. The van der Waals surface area contributed by atoms with Crippen molar-refractivity contribution >= 4 is 29.1 Å². The van der Waals surface area contributed by atoms with Crippen LogP contribution in [0.3, 0.4) is 0 Å². The molecule has 0 saturated carbocycles. The summed E-state index contributed by atoms with van der Waals surface area (Å²) in [6, 6.07) is 5.90. The van der Waals surface area contributed by atoms with Gasteiger partial charge in [0.25, 0.3) is 5.91 Å². The normalized spacial score (nSPS) is 23.8. The lowest BCUT2D eigenvalue weighted by Crippen LogP contribution is -2.66. The van der Waals surface area contributed by atoms with E-state index < -0.39 is 12.1 Å². The van der Waals surface area contributed by atoms with E-state index in [-0.39, 0.29) is 17.2 Å². The zero-order chi connectivity index (χ0) is 15.1. The van der Waals surface area contributed by atoms with Gasteiger partial charge in [-0.05, 0) is 36.6 Å². The number of hydrogen-bond acceptors (Lipinski definition) is 2. The second kappa shape index (κ2) is 5.09. The van der Waals surface area contributed by atoms with Gasteiger partial charge in [-0.3, -0.25) is 14.5 Å². The third-order valence-corrected chi connectivity index (χ3v) is 3.76. The summed E-state index contributed by atoms with van der Waals surface area (Å²) >= 11 is 5.87. The van der Waals surface area contributed by atoms with Gasteiger partial charge in [0.2, 0.25) is 5.91 Å². The molecule has 0 aliphatic carbocycles. The molecule has 1 aliphatic rings. The third kappa shape index (κ3) is 2.66. The largest absolute Gasteiger partial charge is 0.342 e. The molecule has 2 unspecified atom stereocenters. The fourth-order valence-electron chi connectivity index (χ4n) is 2.31. The van der Waals surface area contributed by atoms with Gasteiger partial charge in [0.15, 0.2) is 0 Å². The molecule has 1 saturated heterocycles. The maximum atomic E-state index is 12.7. The van der Waals surface area contributed by atoms with E-state index in [2.05, 4.69) is 5.32 Å². The highest BCUT2D eigenvalue weighted by molar-refractivity contribution is 6.30. The summed E-state index contributed by atoms with van der Waals surface area (Å²) in [4.78, 5) is 26.4. The molecule has 0 radical (unpaired) electrons. The molecule has 108 valence electrons. The third-order valence-electron chi connectivity index (χ3n) is 3.51. The zero-order valence-electron chi connectivity index (χ0n) is 12.1. The van der Waals surface area contributed by atoms with Gasteiger partial charge in [0.05, 0.1) is 0 Å². The summed E-state index contributed by atoms with van der Waals surface area (Å²) < 4.78 is 0. The van der Waals surface area contributed by atoms with Gasteiger partial charge >= 0.3 is 0 Å². The molecule has 4 nitrogen and oxygen atoms in total. The molecule has 20 heavy (non-hydrogen) atoms. The molecule has 1 aromatic rings. The van der Waals surface area contributed by atoms with Crippen LogP contribution in [0.1, 0.15) is 27.7 Å². The number of hydrogen-bond donors (Lipinski definition) is 1. The predicted octanol–water partition coefficient (Wildman–Crippen LogP) is 2.61. The molecule has 0 bridgehead atoms. The van der Waals surface area contributed by atoms with E-state index in [1.165, 1.54) is 0 Å². The molecular weight excluding hydrogens is 276 g/mol. The number of anilines is 1. The first-order chi connectivity index (χ1) is 9.21. The predicted molar refractivity (Wildman–Crippen MR) is 79.8 cm³/mol. The molecular formula is C15H19ClN2O2. The maximum absolute atomic E-state index is 12.7. The Hall–Kier alpha value is -1.55. The average Bonchev–Trinajstić information content (AvgIpc) is 2.35. The van der Waals surface area contributed by atoms with Crippen molar-refractivity contribution in [3.63, 3.8) is 0 Å². The van der Waals surface area contributed by atoms with E-state index in [1.807, 2.05) is 20.8 Å². The number of rotatable bonds is 1. The maximum Gasteiger partial charge on any atom is 0.250 e. The number of halogens is 1. The molecule has 1 aromatic carbocycles. The first-order valence-corrected chi connectivity index (χ1v) is 6.98. The van der Waals surface area contributed by atoms with E-state index in [0.29, 0.717) is 10.7 Å². The molecule has 2 rings (SSSR count). The van der Waals surface area contributed by atoms with Crippen LogP contribution in [0.5, 0.6) is 0 Å². The summed E-state index contributed by atoms with van der Waals surface area (Å²) in [5.41, 5.74) is 0.355. The van der Waals surface area contributed by atoms with Crippen molar-refractivity contribution in [2.24, 2.45) is 5.41 Å². The van der Waals surface area contributed by atoms with Crippen LogP contribution in [0, 0.1) is 5.41 Å². The molecule has 2 atom stereocenters. The van der Waals surface area contributed by atoms with E-state index in [4.69, 9.17) is 11.6 Å². The molecule has 1 fully saturated rings. The van der Waals surface area contributed by atoms with Crippen LogP contribution < -0.4 is 10.2 Å². The van der Waals surface area contributed by atoms with Crippen LogP contribution in [-0.4, -0.2) is 23.9 Å². The molecule has 1 aliphatic heterocycles. The van der Waals surface area contributed by atoms with Gasteiger partial charge in [0.1, 0.15) is 12.1 Å². The van der Waals surface area contributed by atoms with Gasteiger partial charge in [-0.15, -0.1) is 0 Å². The Balaban J connectivity index is 2.41. The highest BCUT2D eigenvalue weighted by Crippen LogP contribution is 2.29. The number of benzene rings is 1. The van der Waals surface area contributed by atoms with Crippen LogP contribution in [0.15, 0.2) is 24.3 Å². The molecule has 1 heterocycles. The fraction of sp³-hybridized carbons (Fsp3) is 0.467. The number of nitrogens with zero attached hydrogens (tertiary/aromatic N) is 1. The highest BCUT2D eigenvalue weighted by Gasteiger charge is 2.44. The summed E-state index contributed by atoms with van der Waals surface area (Å²) in [5.74, 6) is -0.230. The van der Waals surface area contributed by atoms with Gasteiger partial charge < -0.3 is 5.32 Å². The van der Waals surface area contributed by atoms with E-state index in [1.54, 1.807) is 36.1 Å². The Morgan fingerprint density at radius 2 is 1.70 bits per heavy atom. The first kappa shape index (κ1) is 14.9. The summed E-state index contributed by atoms with van der Waals surface area (Å²) in [5, 5.41) is 3.41. The monoisotopic (exact) mass is 294 g/mol. The number of amides is 2. The lowest BCUT2D eigenvalue weighted by atomic mass is 9.84. The number of nitrogens with one attached hydrogen (secondary N) is 1. The second-order valence-corrected chi connectivity index (χ2v) is 6.60. The van der Waals surface area contributed by atoms with Crippen molar-refractivity contribution in [2.75, 3.05) is 4.90 Å². The van der Waals surface area contributed by atoms with E-state index in [9.17, 15) is 9.59 Å². The number of carbonyl (C=O) groups excluding carboxylic acids is 2. The van der Waals surface area contributed by atoms with Crippen LogP contribution >= 0.6 is 11.6 Å². The Labute approximate surface area is 124 Å². The lowest BCUT2D eigenvalue weighted by molar-refractivity contribution is -0.136. The van der Waals surface area contributed by atoms with Gasteiger partial charge in [-0.25, -0.2) is 0 Å². The molecule has 1 N–H and O–H groups in total. The number of carbonyl (C=O) groups is 2. The van der Waals surface area contributed by atoms with Gasteiger partial charge in [-0.2, -0.15) is 0 Å². The summed E-state index contributed by atoms with van der Waals surface area (Å²) in [6.07, 6.45) is 0. The number of piperazine rings is 1. The van der Waals surface area contributed by atoms with Gasteiger partial charge in [0, 0.05) is 10.7 Å². The van der Waals surface area contributed by atoms with Crippen molar-refractivity contribution in [1.82, 2.24) is 5.32 Å². The SMILES string of the molecule is CC1C(=O)NC(C(C)(C)C)C(=O)N1c1ccc(Cl)cc1. The first-order valence-electron chi connectivity index (χ1n) is 6.61. The Bertz CT molecular complexity index is 534. The minimum atomic E-state index is -0.526. The smallest absolute Gasteiger partial charge is 0.250 e. The van der Waals surface area contributed by atoms with E-state index in [0.717, 1.165) is 0 Å². The Morgan fingerprint density at radius 1 is 1.15 bits per heavy atom. The minimum Gasteiger partial charge on any atom is -0.342 e. The van der Waals surface area contributed by atoms with Crippen LogP contribution in [0.2, 0.25) is 5.02 Å². The van der Waals surface area contributed by atoms with Crippen molar-refractivity contribution in [3.05, 3.63) is 29.3 Å². The fourth-order valence-corrected chi connectivity index (χ4v) is 2.44. The molecule has 2 amide bonds. The summed E-state index contributed by atoms with van der Waals surface area (Å²) in [7, 11) is 0. The standard InChI is InChI=1S/C15H19ClN2O2/c1-9-13(19)17-12(15(2,3)4)14(20)18(9)11-7-5-10(16)6-8-11/h5-9,12H,1-4H3,(H,17,19). The highest BCUT2D eigenvalue weighted by atomic mass is 35.5. The van der Waals surface area contributed by atoms with Crippen LogP contribution in [0.25, 0.3) is 0 Å². The minimum absolute atomic E-state index is 0.0908. The quantitative estimate of drug-likeness (QED) is 0.865. The van der Waals surface area contributed by atoms with Crippen LogP contribution in [-0.2, 0) is 9.59 Å². The average molecular weight is 295 g/mol. The summed E-state index contributed by atoms with van der Waals surface area (Å²) in [6.45, 7) is 7.53. The molecule has 0 aromatic heterocycles. The van der Waals surface area contributed by atoms with Crippen molar-refractivity contribution in [3.8, 4) is 0 Å². The van der Waals surface area contributed by atoms with Crippen molar-refractivity contribution in [1.29, 1.82) is 0 Å². The second-order valence-electron chi connectivity index (χ2n) is 6.17. The van der Waals surface area contributed by atoms with Crippen LogP contribution in [0.4, 0.5) is 5.69 Å². The lowest BCUT2D eigenvalue weighted by Gasteiger charge is -2.42. The molecule has 5 heteroatoms. The Morgan fingerprint density at radius 3 is 2.20 bits per heavy atom.